The first kappa shape index (κ1) is 10.9. The van der Waals surface area contributed by atoms with E-state index in [4.69, 9.17) is 5.11 Å². The molecule has 1 atom stereocenters. The van der Waals surface area contributed by atoms with E-state index < -0.39 is 5.97 Å². The lowest BCUT2D eigenvalue weighted by Gasteiger charge is -2.22. The Hall–Kier alpha value is -0.570. The maximum atomic E-state index is 11.0. The lowest BCUT2D eigenvalue weighted by Crippen LogP contribution is -2.37. The standard InChI is InChI=1S/C12H21NO2/c14-12(15)11-6-3-8-13(11)9-7-10-4-1-2-5-10/h10-11H,1-9H2,(H,14,15). The molecule has 0 bridgehead atoms. The van der Waals surface area contributed by atoms with Gasteiger partial charge in [-0.1, -0.05) is 25.7 Å². The Morgan fingerprint density at radius 3 is 2.60 bits per heavy atom. The van der Waals surface area contributed by atoms with Crippen molar-refractivity contribution in [2.24, 2.45) is 5.92 Å². The average molecular weight is 211 g/mol. The molecule has 3 nitrogen and oxygen atoms in total. The highest BCUT2D eigenvalue weighted by Crippen LogP contribution is 2.28. The molecule has 0 spiro atoms. The van der Waals surface area contributed by atoms with Crippen LogP contribution in [0.3, 0.4) is 0 Å². The minimum atomic E-state index is -0.626. The molecule has 2 fully saturated rings. The second-order valence-electron chi connectivity index (χ2n) is 4.97. The van der Waals surface area contributed by atoms with Gasteiger partial charge in [0.15, 0.2) is 0 Å². The number of carboxylic acids is 1. The van der Waals surface area contributed by atoms with Gasteiger partial charge in [0.1, 0.15) is 6.04 Å². The monoisotopic (exact) mass is 211 g/mol. The second-order valence-corrected chi connectivity index (χ2v) is 4.97. The Balaban J connectivity index is 1.75. The van der Waals surface area contributed by atoms with Crippen molar-refractivity contribution in [3.8, 4) is 0 Å². The number of aliphatic carboxylic acids is 1. The zero-order chi connectivity index (χ0) is 10.7. The molecule has 1 saturated heterocycles. The first-order chi connectivity index (χ1) is 7.27. The van der Waals surface area contributed by atoms with Crippen molar-refractivity contribution in [2.75, 3.05) is 13.1 Å². The Morgan fingerprint density at radius 2 is 1.93 bits per heavy atom. The molecular weight excluding hydrogens is 190 g/mol. The van der Waals surface area contributed by atoms with Crippen LogP contribution in [0, 0.1) is 5.92 Å². The molecule has 1 saturated carbocycles. The first-order valence-electron chi connectivity index (χ1n) is 6.24. The van der Waals surface area contributed by atoms with E-state index in [1.165, 1.54) is 32.1 Å². The Morgan fingerprint density at radius 1 is 1.20 bits per heavy atom. The van der Waals surface area contributed by atoms with Crippen molar-refractivity contribution in [1.82, 2.24) is 4.90 Å². The molecule has 86 valence electrons. The van der Waals surface area contributed by atoms with Gasteiger partial charge in [0, 0.05) is 0 Å². The molecule has 1 aliphatic heterocycles. The van der Waals surface area contributed by atoms with E-state index in [0.717, 1.165) is 31.8 Å². The third-order valence-corrected chi connectivity index (χ3v) is 3.95. The normalized spacial score (nSPS) is 28.7. The predicted molar refractivity (Wildman–Crippen MR) is 58.8 cm³/mol. The topological polar surface area (TPSA) is 40.5 Å². The zero-order valence-electron chi connectivity index (χ0n) is 9.32. The summed E-state index contributed by atoms with van der Waals surface area (Å²) in [6.45, 7) is 1.99. The van der Waals surface area contributed by atoms with Crippen LogP contribution in [0.5, 0.6) is 0 Å². The van der Waals surface area contributed by atoms with Gasteiger partial charge in [0.05, 0.1) is 0 Å². The Kier molecular flexibility index (Phi) is 3.62. The van der Waals surface area contributed by atoms with E-state index in [1.807, 2.05) is 0 Å². The molecule has 0 aromatic heterocycles. The molecule has 2 rings (SSSR count). The summed E-state index contributed by atoms with van der Waals surface area (Å²) in [7, 11) is 0. The van der Waals surface area contributed by atoms with E-state index in [2.05, 4.69) is 4.90 Å². The molecule has 0 radical (unpaired) electrons. The van der Waals surface area contributed by atoms with Crippen molar-refractivity contribution in [3.63, 3.8) is 0 Å². The van der Waals surface area contributed by atoms with E-state index in [9.17, 15) is 4.79 Å². The largest absolute Gasteiger partial charge is 0.480 e. The zero-order valence-corrected chi connectivity index (χ0v) is 9.32. The van der Waals surface area contributed by atoms with Crippen LogP contribution >= 0.6 is 0 Å². The third-order valence-electron chi connectivity index (χ3n) is 3.95. The van der Waals surface area contributed by atoms with Gasteiger partial charge in [0.25, 0.3) is 0 Å². The minimum absolute atomic E-state index is 0.189. The molecule has 15 heavy (non-hydrogen) atoms. The highest BCUT2D eigenvalue weighted by atomic mass is 16.4. The molecule has 1 N–H and O–H groups in total. The lowest BCUT2D eigenvalue weighted by molar-refractivity contribution is -0.142. The summed E-state index contributed by atoms with van der Waals surface area (Å²) in [4.78, 5) is 13.1. The lowest BCUT2D eigenvalue weighted by atomic mass is 10.0. The fourth-order valence-electron chi connectivity index (χ4n) is 3.02. The van der Waals surface area contributed by atoms with Crippen LogP contribution in [0.2, 0.25) is 0 Å². The van der Waals surface area contributed by atoms with Gasteiger partial charge in [-0.05, 0) is 38.3 Å². The van der Waals surface area contributed by atoms with Gasteiger partial charge >= 0.3 is 5.97 Å². The first-order valence-corrected chi connectivity index (χ1v) is 6.24. The summed E-state index contributed by atoms with van der Waals surface area (Å²) in [5.41, 5.74) is 0. The molecule has 3 heteroatoms. The highest BCUT2D eigenvalue weighted by molar-refractivity contribution is 5.73. The molecule has 0 amide bonds. The molecule has 1 aliphatic carbocycles. The smallest absolute Gasteiger partial charge is 0.320 e. The number of rotatable bonds is 4. The molecule has 0 aromatic rings. The second kappa shape index (κ2) is 4.97. The van der Waals surface area contributed by atoms with E-state index in [1.54, 1.807) is 0 Å². The van der Waals surface area contributed by atoms with Gasteiger partial charge in [-0.25, -0.2) is 0 Å². The van der Waals surface area contributed by atoms with E-state index in [0.29, 0.717) is 0 Å². The fourth-order valence-corrected chi connectivity index (χ4v) is 3.02. The maximum Gasteiger partial charge on any atom is 0.320 e. The van der Waals surface area contributed by atoms with Gasteiger partial charge < -0.3 is 5.11 Å². The summed E-state index contributed by atoms with van der Waals surface area (Å²) in [5.74, 6) is 0.249. The summed E-state index contributed by atoms with van der Waals surface area (Å²) in [6.07, 6.45) is 8.61. The van der Waals surface area contributed by atoms with Crippen LogP contribution in [-0.4, -0.2) is 35.1 Å². The van der Waals surface area contributed by atoms with Crippen LogP contribution < -0.4 is 0 Å². The van der Waals surface area contributed by atoms with Crippen molar-refractivity contribution in [1.29, 1.82) is 0 Å². The summed E-state index contributed by atoms with van der Waals surface area (Å²) in [5, 5.41) is 9.03. The van der Waals surface area contributed by atoms with Gasteiger partial charge in [-0.3, -0.25) is 9.69 Å². The molecule has 0 aromatic carbocycles. The summed E-state index contributed by atoms with van der Waals surface area (Å²) in [6, 6.07) is -0.189. The van der Waals surface area contributed by atoms with Crippen LogP contribution in [-0.2, 0) is 4.79 Å². The number of carbonyl (C=O) groups is 1. The van der Waals surface area contributed by atoms with Crippen molar-refractivity contribution in [2.45, 2.75) is 51.0 Å². The SMILES string of the molecule is O=C(O)C1CCCN1CCC1CCCC1. The number of nitrogens with zero attached hydrogens (tertiary/aromatic N) is 1. The fraction of sp³-hybridized carbons (Fsp3) is 0.917. The Bertz CT molecular complexity index is 224. The van der Waals surface area contributed by atoms with Crippen molar-refractivity contribution >= 4 is 5.97 Å². The predicted octanol–water partition coefficient (Wildman–Crippen LogP) is 2.12. The van der Waals surface area contributed by atoms with Crippen molar-refractivity contribution in [3.05, 3.63) is 0 Å². The summed E-state index contributed by atoms with van der Waals surface area (Å²) < 4.78 is 0. The average Bonchev–Trinajstić information content (AvgIpc) is 2.86. The Labute approximate surface area is 91.5 Å². The van der Waals surface area contributed by atoms with Crippen LogP contribution in [0.4, 0.5) is 0 Å². The van der Waals surface area contributed by atoms with E-state index in [-0.39, 0.29) is 6.04 Å². The molecule has 1 heterocycles. The maximum absolute atomic E-state index is 11.0. The summed E-state index contributed by atoms with van der Waals surface area (Å²) >= 11 is 0. The number of carboxylic acid groups (broad SMARTS) is 1. The number of likely N-dealkylation sites (tertiary alicyclic amines) is 1. The number of hydrogen-bond donors (Lipinski definition) is 1. The van der Waals surface area contributed by atoms with Crippen LogP contribution in [0.25, 0.3) is 0 Å². The number of hydrogen-bond acceptors (Lipinski definition) is 2. The van der Waals surface area contributed by atoms with Crippen LogP contribution in [0.1, 0.15) is 44.9 Å². The quantitative estimate of drug-likeness (QED) is 0.774. The highest BCUT2D eigenvalue weighted by Gasteiger charge is 2.30. The van der Waals surface area contributed by atoms with E-state index >= 15 is 0 Å². The van der Waals surface area contributed by atoms with Crippen LogP contribution in [0.15, 0.2) is 0 Å². The van der Waals surface area contributed by atoms with Gasteiger partial charge in [0.2, 0.25) is 0 Å². The molecular formula is C12H21NO2. The molecule has 1 unspecified atom stereocenters. The van der Waals surface area contributed by atoms with Gasteiger partial charge in [-0.15, -0.1) is 0 Å². The van der Waals surface area contributed by atoms with Gasteiger partial charge in [-0.2, -0.15) is 0 Å². The third kappa shape index (κ3) is 2.71. The van der Waals surface area contributed by atoms with Crippen molar-refractivity contribution < 1.29 is 9.90 Å². The molecule has 2 aliphatic rings. The minimum Gasteiger partial charge on any atom is -0.480 e.